The van der Waals surface area contributed by atoms with E-state index < -0.39 is 33.4 Å². The van der Waals surface area contributed by atoms with E-state index >= 15 is 0 Å². The van der Waals surface area contributed by atoms with E-state index in [0.29, 0.717) is 0 Å². The lowest BCUT2D eigenvalue weighted by Crippen LogP contribution is -2.37. The van der Waals surface area contributed by atoms with Gasteiger partial charge in [-0.2, -0.15) is 12.7 Å². The van der Waals surface area contributed by atoms with Crippen LogP contribution < -0.4 is 9.92 Å². The van der Waals surface area contributed by atoms with Crippen molar-refractivity contribution in [3.8, 4) is 5.75 Å². The molecule has 4 N–H and O–H groups in total. The largest absolute Gasteiger partial charge is 0.464 e. The summed E-state index contributed by atoms with van der Waals surface area (Å²) >= 11 is -2.98. The van der Waals surface area contributed by atoms with Crippen LogP contribution in [0.4, 0.5) is 4.79 Å². The molecule has 1 unspecified atom stereocenters. The molecule has 20 heavy (non-hydrogen) atoms. The standard InChI is InChI=1S/C9H12N2O7S2/c10-5-7-1-3-8(4-2-7)18-20(16,17)6-11(9(12)13)19(14)15/h1-4H,5-6,10H2,(H,12,13)(H,14,15). The van der Waals surface area contributed by atoms with Gasteiger partial charge in [-0.15, -0.1) is 0 Å². The lowest BCUT2D eigenvalue weighted by atomic mass is 10.2. The van der Waals surface area contributed by atoms with Crippen LogP contribution in [0.15, 0.2) is 24.3 Å². The van der Waals surface area contributed by atoms with Crippen LogP contribution in [-0.4, -0.2) is 38.6 Å². The van der Waals surface area contributed by atoms with Crippen LogP contribution in [0.2, 0.25) is 0 Å². The molecule has 1 atom stereocenters. The minimum absolute atomic E-state index is 0.0590. The molecule has 112 valence electrons. The molecule has 0 bridgehead atoms. The highest BCUT2D eigenvalue weighted by Crippen LogP contribution is 2.15. The Kier molecular flexibility index (Phi) is 5.44. The fourth-order valence-electron chi connectivity index (χ4n) is 1.16. The second-order valence-corrected chi connectivity index (χ2v) is 5.95. The first-order valence-electron chi connectivity index (χ1n) is 5.08. The van der Waals surface area contributed by atoms with Crippen molar-refractivity contribution < 1.29 is 31.3 Å². The summed E-state index contributed by atoms with van der Waals surface area (Å²) in [7, 11) is -4.38. The van der Waals surface area contributed by atoms with Crippen molar-refractivity contribution in [1.82, 2.24) is 4.31 Å². The lowest BCUT2D eigenvalue weighted by Gasteiger charge is -2.14. The van der Waals surface area contributed by atoms with Gasteiger partial charge >= 0.3 is 16.2 Å². The number of hydrogen-bond donors (Lipinski definition) is 3. The predicted molar refractivity (Wildman–Crippen MR) is 69.4 cm³/mol. The number of nitrogens with zero attached hydrogens (tertiary/aromatic N) is 1. The maximum Gasteiger partial charge on any atom is 0.422 e. The van der Waals surface area contributed by atoms with Crippen molar-refractivity contribution in [2.45, 2.75) is 6.54 Å². The van der Waals surface area contributed by atoms with E-state index in [2.05, 4.69) is 4.18 Å². The summed E-state index contributed by atoms with van der Waals surface area (Å²) in [6.45, 7) is 0.267. The molecule has 0 fully saturated rings. The predicted octanol–water partition coefficient (Wildman–Crippen LogP) is -0.0719. The first-order chi connectivity index (χ1) is 9.25. The number of carbonyl (C=O) groups is 1. The minimum atomic E-state index is -4.38. The summed E-state index contributed by atoms with van der Waals surface area (Å²) in [4.78, 5) is 10.6. The van der Waals surface area contributed by atoms with Gasteiger partial charge in [-0.05, 0) is 17.7 Å². The van der Waals surface area contributed by atoms with Crippen molar-refractivity contribution in [2.75, 3.05) is 5.88 Å². The average Bonchev–Trinajstić information content (AvgIpc) is 2.36. The Morgan fingerprint density at radius 2 is 1.90 bits per heavy atom. The van der Waals surface area contributed by atoms with Crippen molar-refractivity contribution in [3.63, 3.8) is 0 Å². The molecule has 9 nitrogen and oxygen atoms in total. The van der Waals surface area contributed by atoms with Gasteiger partial charge in [-0.3, -0.25) is 4.55 Å². The van der Waals surface area contributed by atoms with Crippen LogP contribution in [0.25, 0.3) is 0 Å². The van der Waals surface area contributed by atoms with Gasteiger partial charge in [-0.25, -0.2) is 9.00 Å². The fraction of sp³-hybridized carbons (Fsp3) is 0.222. The smallest absolute Gasteiger partial charge is 0.422 e. The number of benzene rings is 1. The maximum atomic E-state index is 11.6. The van der Waals surface area contributed by atoms with Crippen molar-refractivity contribution in [2.24, 2.45) is 5.73 Å². The molecule has 11 heteroatoms. The molecule has 0 aliphatic carbocycles. The third-order valence-corrected chi connectivity index (χ3v) is 3.91. The number of carboxylic acid groups (broad SMARTS) is 1. The topological polar surface area (TPSA) is 147 Å². The summed E-state index contributed by atoms with van der Waals surface area (Å²) in [5, 5.41) is 8.58. The molecule has 0 saturated heterocycles. The molecular formula is C9H12N2O7S2. The SMILES string of the molecule is NCc1ccc(OS(=O)(=O)CN(C(=O)O)S(=O)O)cc1. The Labute approximate surface area is 117 Å². The average molecular weight is 324 g/mol. The number of amides is 1. The van der Waals surface area contributed by atoms with E-state index in [1.54, 1.807) is 0 Å². The van der Waals surface area contributed by atoms with Crippen molar-refractivity contribution >= 4 is 27.5 Å². The highest BCUT2D eigenvalue weighted by Gasteiger charge is 2.26. The summed E-state index contributed by atoms with van der Waals surface area (Å²) < 4.78 is 46.9. The number of nitrogens with two attached hydrogens (primary N) is 1. The zero-order chi connectivity index (χ0) is 15.3. The third-order valence-electron chi connectivity index (χ3n) is 2.06. The quantitative estimate of drug-likeness (QED) is 0.486. The van der Waals surface area contributed by atoms with E-state index in [0.717, 1.165) is 5.56 Å². The number of hydrogen-bond acceptors (Lipinski definition) is 6. The van der Waals surface area contributed by atoms with Crippen LogP contribution in [0.1, 0.15) is 5.56 Å². The fourth-order valence-corrected chi connectivity index (χ4v) is 2.90. The lowest BCUT2D eigenvalue weighted by molar-refractivity contribution is 0.175. The van der Waals surface area contributed by atoms with Crippen LogP contribution in [0, 0.1) is 0 Å². The Hall–Kier alpha value is -1.69. The summed E-state index contributed by atoms with van der Waals surface area (Å²) in [5.74, 6) is -1.33. The zero-order valence-electron chi connectivity index (χ0n) is 10.0. The Morgan fingerprint density at radius 3 is 2.30 bits per heavy atom. The van der Waals surface area contributed by atoms with E-state index in [4.69, 9.17) is 15.4 Å². The van der Waals surface area contributed by atoms with Crippen LogP contribution in [0.5, 0.6) is 5.75 Å². The zero-order valence-corrected chi connectivity index (χ0v) is 11.6. The van der Waals surface area contributed by atoms with E-state index in [-0.39, 0.29) is 16.6 Å². The van der Waals surface area contributed by atoms with Crippen molar-refractivity contribution in [1.29, 1.82) is 0 Å². The second-order valence-electron chi connectivity index (χ2n) is 3.51. The van der Waals surface area contributed by atoms with Gasteiger partial charge in [0.25, 0.3) is 11.3 Å². The molecule has 0 radical (unpaired) electrons. The van der Waals surface area contributed by atoms with Crippen LogP contribution in [-0.2, 0) is 27.9 Å². The highest BCUT2D eigenvalue weighted by atomic mass is 32.2. The van der Waals surface area contributed by atoms with Gasteiger partial charge in [0, 0.05) is 6.54 Å². The summed E-state index contributed by atoms with van der Waals surface area (Å²) in [6, 6.07) is 5.73. The van der Waals surface area contributed by atoms with Gasteiger partial charge in [0.15, 0.2) is 5.88 Å². The van der Waals surface area contributed by atoms with Gasteiger partial charge in [-0.1, -0.05) is 12.1 Å². The van der Waals surface area contributed by atoms with Gasteiger partial charge in [0.2, 0.25) is 0 Å². The Morgan fingerprint density at radius 1 is 1.35 bits per heavy atom. The van der Waals surface area contributed by atoms with Gasteiger partial charge < -0.3 is 15.0 Å². The molecule has 1 rings (SSSR count). The van der Waals surface area contributed by atoms with E-state index in [9.17, 15) is 17.4 Å². The van der Waals surface area contributed by atoms with E-state index in [1.165, 1.54) is 24.3 Å². The highest BCUT2D eigenvalue weighted by molar-refractivity contribution is 7.88. The number of rotatable bonds is 6. The minimum Gasteiger partial charge on any atom is -0.464 e. The maximum absolute atomic E-state index is 11.6. The third kappa shape index (κ3) is 4.77. The molecule has 0 aliphatic rings. The van der Waals surface area contributed by atoms with Crippen LogP contribution in [0.3, 0.4) is 0 Å². The van der Waals surface area contributed by atoms with Gasteiger partial charge in [0.05, 0.1) is 0 Å². The first-order valence-corrected chi connectivity index (χ1v) is 7.72. The summed E-state index contributed by atoms with van der Waals surface area (Å²) in [6.07, 6.45) is -1.86. The Balaban J connectivity index is 2.83. The Bertz CT molecular complexity index is 585. The monoisotopic (exact) mass is 324 g/mol. The second kappa shape index (κ2) is 6.65. The first kappa shape index (κ1) is 16.4. The molecule has 0 spiro atoms. The molecule has 0 saturated carbocycles. The molecular weight excluding hydrogens is 312 g/mol. The van der Waals surface area contributed by atoms with Crippen molar-refractivity contribution in [3.05, 3.63) is 29.8 Å². The van der Waals surface area contributed by atoms with E-state index in [1.807, 2.05) is 0 Å². The normalized spacial score (nSPS) is 12.7. The molecule has 1 aromatic carbocycles. The summed E-state index contributed by atoms with van der Waals surface area (Å²) in [5.41, 5.74) is 6.12. The molecule has 0 aliphatic heterocycles. The molecule has 0 aromatic heterocycles. The van der Waals surface area contributed by atoms with Crippen LogP contribution >= 0.6 is 0 Å². The molecule has 1 amide bonds. The molecule has 1 aromatic rings. The van der Waals surface area contributed by atoms with Gasteiger partial charge in [0.1, 0.15) is 5.75 Å². The molecule has 0 heterocycles.